The highest BCUT2D eigenvalue weighted by Crippen LogP contribution is 2.17. The van der Waals surface area contributed by atoms with E-state index in [1.54, 1.807) is 0 Å². The fraction of sp³-hybridized carbons (Fsp3) is 0.286. The maximum Gasteiger partial charge on any atom is 0.231 e. The van der Waals surface area contributed by atoms with Gasteiger partial charge in [0.05, 0.1) is 6.42 Å². The van der Waals surface area contributed by atoms with E-state index in [9.17, 15) is 4.79 Å². The molecule has 1 amide bonds. The zero-order chi connectivity index (χ0) is 13.1. The van der Waals surface area contributed by atoms with Gasteiger partial charge >= 0.3 is 0 Å². The number of rotatable bonds is 3. The maximum absolute atomic E-state index is 11.9. The zero-order valence-corrected chi connectivity index (χ0v) is 11.6. The first-order chi connectivity index (χ1) is 8.54. The van der Waals surface area contributed by atoms with E-state index in [1.807, 2.05) is 38.3 Å². The molecule has 1 aromatic heterocycles. The second kappa shape index (κ2) is 5.31. The number of anilines is 1. The lowest BCUT2D eigenvalue weighted by Crippen LogP contribution is -2.15. The zero-order valence-electron chi connectivity index (χ0n) is 10.8. The van der Waals surface area contributed by atoms with Crippen LogP contribution in [0, 0.1) is 20.8 Å². The van der Waals surface area contributed by atoms with Crippen LogP contribution in [0.5, 0.6) is 0 Å². The van der Waals surface area contributed by atoms with Crippen LogP contribution < -0.4 is 5.32 Å². The van der Waals surface area contributed by atoms with Gasteiger partial charge < -0.3 is 5.32 Å². The van der Waals surface area contributed by atoms with Crippen LogP contribution in [-0.2, 0) is 11.2 Å². The van der Waals surface area contributed by atoms with Gasteiger partial charge in [0.25, 0.3) is 0 Å². The number of hydrogen-bond donors (Lipinski definition) is 1. The lowest BCUT2D eigenvalue weighted by molar-refractivity contribution is -0.115. The van der Waals surface area contributed by atoms with E-state index >= 15 is 0 Å². The van der Waals surface area contributed by atoms with Crippen LogP contribution in [0.25, 0.3) is 0 Å². The number of benzene rings is 1. The maximum atomic E-state index is 11.9. The summed E-state index contributed by atoms with van der Waals surface area (Å²) in [5, 5.41) is 5.74. The Bertz CT molecular complexity index is 575. The molecule has 0 aliphatic rings. The predicted molar refractivity (Wildman–Crippen MR) is 75.1 cm³/mol. The van der Waals surface area contributed by atoms with E-state index in [0.29, 0.717) is 6.42 Å². The van der Waals surface area contributed by atoms with Gasteiger partial charge in [-0.2, -0.15) is 0 Å². The number of aryl methyl sites for hydroxylation is 3. The van der Waals surface area contributed by atoms with Crippen molar-refractivity contribution in [2.24, 2.45) is 0 Å². The number of nitrogens with zero attached hydrogens (tertiary/aromatic N) is 1. The van der Waals surface area contributed by atoms with Crippen molar-refractivity contribution in [2.75, 3.05) is 5.32 Å². The average Bonchev–Trinajstić information content (AvgIpc) is 2.68. The third-order valence-electron chi connectivity index (χ3n) is 2.63. The molecule has 0 saturated heterocycles. The Labute approximate surface area is 111 Å². The molecule has 2 aromatic rings. The van der Waals surface area contributed by atoms with Crippen molar-refractivity contribution in [1.82, 2.24) is 4.98 Å². The number of carbonyl (C=O) groups is 1. The summed E-state index contributed by atoms with van der Waals surface area (Å²) in [6.07, 6.45) is 0.339. The Balaban J connectivity index is 2.03. The molecule has 0 bridgehead atoms. The molecule has 0 fully saturated rings. The highest BCUT2D eigenvalue weighted by atomic mass is 32.1. The van der Waals surface area contributed by atoms with Crippen molar-refractivity contribution in [1.29, 1.82) is 0 Å². The van der Waals surface area contributed by atoms with Gasteiger partial charge in [0.2, 0.25) is 5.91 Å². The first-order valence-corrected chi connectivity index (χ1v) is 6.70. The van der Waals surface area contributed by atoms with Crippen LogP contribution in [0.4, 0.5) is 5.69 Å². The fourth-order valence-corrected chi connectivity index (χ4v) is 2.54. The summed E-state index contributed by atoms with van der Waals surface area (Å²) in [5.74, 6) is -0.0173. The van der Waals surface area contributed by atoms with Gasteiger partial charge in [-0.1, -0.05) is 17.7 Å². The Morgan fingerprint density at radius 1 is 1.33 bits per heavy atom. The molecule has 1 heterocycles. The third-order valence-corrected chi connectivity index (χ3v) is 3.60. The van der Waals surface area contributed by atoms with Gasteiger partial charge in [0.1, 0.15) is 5.01 Å². The van der Waals surface area contributed by atoms with Crippen molar-refractivity contribution >= 4 is 22.9 Å². The lowest BCUT2D eigenvalue weighted by Gasteiger charge is -2.08. The molecule has 0 saturated carbocycles. The first kappa shape index (κ1) is 12.8. The molecule has 18 heavy (non-hydrogen) atoms. The minimum Gasteiger partial charge on any atom is -0.325 e. The molecule has 2 rings (SSSR count). The molecule has 0 radical (unpaired) electrons. The van der Waals surface area contributed by atoms with Gasteiger partial charge in [-0.15, -0.1) is 11.3 Å². The van der Waals surface area contributed by atoms with Gasteiger partial charge in [-0.3, -0.25) is 4.79 Å². The van der Waals surface area contributed by atoms with Crippen LogP contribution in [0.2, 0.25) is 0 Å². The van der Waals surface area contributed by atoms with E-state index in [4.69, 9.17) is 0 Å². The summed E-state index contributed by atoms with van der Waals surface area (Å²) in [6.45, 7) is 5.97. The topological polar surface area (TPSA) is 42.0 Å². The number of aromatic nitrogens is 1. The summed E-state index contributed by atoms with van der Waals surface area (Å²) in [4.78, 5) is 16.2. The molecule has 94 valence electrons. The van der Waals surface area contributed by atoms with E-state index in [1.165, 1.54) is 16.9 Å². The average molecular weight is 260 g/mol. The summed E-state index contributed by atoms with van der Waals surface area (Å²) in [5.41, 5.74) is 4.12. The molecule has 1 N–H and O–H groups in total. The molecule has 0 spiro atoms. The number of nitrogens with one attached hydrogen (secondary N) is 1. The smallest absolute Gasteiger partial charge is 0.231 e. The van der Waals surface area contributed by atoms with Crippen LogP contribution in [0.1, 0.15) is 21.8 Å². The van der Waals surface area contributed by atoms with Gasteiger partial charge in [-0.05, 0) is 32.4 Å². The quantitative estimate of drug-likeness (QED) is 0.920. The standard InChI is InChI=1S/C14H16N2OS/c1-9-4-5-12(10(2)6-9)16-13(17)7-14-15-11(3)8-18-14/h4-6,8H,7H2,1-3H3,(H,16,17). The summed E-state index contributed by atoms with van der Waals surface area (Å²) in [7, 11) is 0. The number of carbonyl (C=O) groups excluding carboxylic acids is 1. The van der Waals surface area contributed by atoms with E-state index in [2.05, 4.69) is 16.4 Å². The molecular weight excluding hydrogens is 244 g/mol. The second-order valence-electron chi connectivity index (χ2n) is 4.43. The Morgan fingerprint density at radius 2 is 2.11 bits per heavy atom. The number of thiazole rings is 1. The van der Waals surface area contributed by atoms with Gasteiger partial charge in [0.15, 0.2) is 0 Å². The van der Waals surface area contributed by atoms with Crippen LogP contribution in [0.3, 0.4) is 0 Å². The minimum absolute atomic E-state index is 0.0173. The van der Waals surface area contributed by atoms with Crippen LogP contribution in [-0.4, -0.2) is 10.9 Å². The molecule has 3 nitrogen and oxygen atoms in total. The molecule has 4 heteroatoms. The monoisotopic (exact) mass is 260 g/mol. The third kappa shape index (κ3) is 3.17. The van der Waals surface area contributed by atoms with Crippen molar-refractivity contribution in [3.63, 3.8) is 0 Å². The van der Waals surface area contributed by atoms with Gasteiger partial charge in [0, 0.05) is 16.8 Å². The Hall–Kier alpha value is -1.68. The molecule has 0 aliphatic heterocycles. The molecule has 0 atom stereocenters. The summed E-state index contributed by atoms with van der Waals surface area (Å²) in [6, 6.07) is 6.00. The largest absolute Gasteiger partial charge is 0.325 e. The second-order valence-corrected chi connectivity index (χ2v) is 5.37. The highest BCUT2D eigenvalue weighted by molar-refractivity contribution is 7.09. The van der Waals surface area contributed by atoms with Crippen LogP contribution >= 0.6 is 11.3 Å². The summed E-state index contributed by atoms with van der Waals surface area (Å²) >= 11 is 1.52. The molecule has 0 unspecified atom stereocenters. The predicted octanol–water partition coefficient (Wildman–Crippen LogP) is 3.25. The molecule has 1 aromatic carbocycles. The number of hydrogen-bond acceptors (Lipinski definition) is 3. The van der Waals surface area contributed by atoms with E-state index < -0.39 is 0 Å². The summed E-state index contributed by atoms with van der Waals surface area (Å²) < 4.78 is 0. The van der Waals surface area contributed by atoms with Crippen molar-refractivity contribution in [2.45, 2.75) is 27.2 Å². The molecular formula is C14H16N2OS. The minimum atomic E-state index is -0.0173. The molecule has 0 aliphatic carbocycles. The highest BCUT2D eigenvalue weighted by Gasteiger charge is 2.08. The van der Waals surface area contributed by atoms with Crippen molar-refractivity contribution < 1.29 is 4.79 Å². The number of amides is 1. The van der Waals surface area contributed by atoms with Gasteiger partial charge in [-0.25, -0.2) is 4.98 Å². The van der Waals surface area contributed by atoms with Crippen LogP contribution in [0.15, 0.2) is 23.6 Å². The van der Waals surface area contributed by atoms with Crippen molar-refractivity contribution in [3.8, 4) is 0 Å². The van der Waals surface area contributed by atoms with E-state index in [-0.39, 0.29) is 5.91 Å². The Morgan fingerprint density at radius 3 is 2.72 bits per heavy atom. The fourth-order valence-electron chi connectivity index (χ4n) is 1.77. The first-order valence-electron chi connectivity index (χ1n) is 5.82. The van der Waals surface area contributed by atoms with Crippen molar-refractivity contribution in [3.05, 3.63) is 45.4 Å². The lowest BCUT2D eigenvalue weighted by atomic mass is 10.1. The normalized spacial score (nSPS) is 10.4. The van der Waals surface area contributed by atoms with E-state index in [0.717, 1.165) is 22.0 Å². The SMILES string of the molecule is Cc1ccc(NC(=O)Cc2nc(C)cs2)c(C)c1. The Kier molecular flexibility index (Phi) is 3.77.